The third kappa shape index (κ3) is 5.17. The Morgan fingerprint density at radius 2 is 2.11 bits per heavy atom. The van der Waals surface area contributed by atoms with Crippen molar-refractivity contribution in [3.63, 3.8) is 0 Å². The van der Waals surface area contributed by atoms with Gasteiger partial charge in [0.25, 0.3) is 0 Å². The summed E-state index contributed by atoms with van der Waals surface area (Å²) in [7, 11) is 2.03. The van der Waals surface area contributed by atoms with Crippen LogP contribution < -0.4 is 10.2 Å². The first-order valence-electron chi connectivity index (χ1n) is 7.17. The Kier molecular flexibility index (Phi) is 6.81. The van der Waals surface area contributed by atoms with Crippen LogP contribution in [0.4, 0.5) is 5.69 Å². The molecule has 19 heavy (non-hydrogen) atoms. The van der Waals surface area contributed by atoms with Gasteiger partial charge in [0.05, 0.1) is 23.7 Å². The van der Waals surface area contributed by atoms with Crippen molar-refractivity contribution >= 4 is 5.69 Å². The SMILES string of the molecule is CCNC(CC)c1ccc(N(C)CCC(C)O)cn1. The lowest BCUT2D eigenvalue weighted by Crippen LogP contribution is -2.23. The van der Waals surface area contributed by atoms with Gasteiger partial charge in [-0.3, -0.25) is 4.98 Å². The number of hydrogen-bond donors (Lipinski definition) is 2. The predicted octanol–water partition coefficient (Wildman–Crippen LogP) is 2.35. The molecule has 0 fully saturated rings. The molecule has 1 aromatic heterocycles. The summed E-state index contributed by atoms with van der Waals surface area (Å²) in [5.41, 5.74) is 2.19. The zero-order chi connectivity index (χ0) is 14.3. The van der Waals surface area contributed by atoms with E-state index in [0.29, 0.717) is 6.04 Å². The molecule has 1 aromatic rings. The Morgan fingerprint density at radius 1 is 1.37 bits per heavy atom. The number of pyridine rings is 1. The number of hydrogen-bond acceptors (Lipinski definition) is 4. The number of anilines is 1. The molecule has 0 saturated carbocycles. The molecule has 2 atom stereocenters. The fourth-order valence-electron chi connectivity index (χ4n) is 2.04. The molecule has 0 amide bonds. The lowest BCUT2D eigenvalue weighted by Gasteiger charge is -2.21. The van der Waals surface area contributed by atoms with Crippen LogP contribution in [0.3, 0.4) is 0 Å². The largest absolute Gasteiger partial charge is 0.393 e. The van der Waals surface area contributed by atoms with Crippen molar-refractivity contribution in [2.45, 2.75) is 45.8 Å². The molecule has 0 radical (unpaired) electrons. The smallest absolute Gasteiger partial charge is 0.0574 e. The topological polar surface area (TPSA) is 48.4 Å². The van der Waals surface area contributed by atoms with Crippen LogP contribution in [0.15, 0.2) is 18.3 Å². The van der Waals surface area contributed by atoms with Gasteiger partial charge < -0.3 is 15.3 Å². The van der Waals surface area contributed by atoms with Gasteiger partial charge in [-0.05, 0) is 38.4 Å². The second kappa shape index (κ2) is 8.12. The average Bonchev–Trinajstić information content (AvgIpc) is 2.42. The maximum Gasteiger partial charge on any atom is 0.0574 e. The lowest BCUT2D eigenvalue weighted by molar-refractivity contribution is 0.187. The van der Waals surface area contributed by atoms with Crippen molar-refractivity contribution in [3.05, 3.63) is 24.0 Å². The van der Waals surface area contributed by atoms with E-state index >= 15 is 0 Å². The quantitative estimate of drug-likeness (QED) is 0.757. The van der Waals surface area contributed by atoms with Crippen LogP contribution in [0.1, 0.15) is 45.3 Å². The number of aliphatic hydroxyl groups excluding tert-OH is 1. The number of aromatic nitrogens is 1. The van der Waals surface area contributed by atoms with E-state index in [0.717, 1.165) is 37.3 Å². The van der Waals surface area contributed by atoms with Gasteiger partial charge in [0.15, 0.2) is 0 Å². The Morgan fingerprint density at radius 3 is 2.58 bits per heavy atom. The van der Waals surface area contributed by atoms with Gasteiger partial charge in [-0.25, -0.2) is 0 Å². The highest BCUT2D eigenvalue weighted by Crippen LogP contribution is 2.18. The molecule has 0 spiro atoms. The van der Waals surface area contributed by atoms with Gasteiger partial charge in [-0.2, -0.15) is 0 Å². The van der Waals surface area contributed by atoms with E-state index < -0.39 is 0 Å². The first-order valence-corrected chi connectivity index (χ1v) is 7.17. The number of rotatable bonds is 8. The molecule has 0 aliphatic heterocycles. The summed E-state index contributed by atoms with van der Waals surface area (Å²) in [5, 5.41) is 12.7. The monoisotopic (exact) mass is 265 g/mol. The molecular formula is C15H27N3O. The van der Waals surface area contributed by atoms with Crippen molar-refractivity contribution in [2.24, 2.45) is 0 Å². The van der Waals surface area contributed by atoms with Crippen LogP contribution in [0.2, 0.25) is 0 Å². The van der Waals surface area contributed by atoms with Gasteiger partial charge >= 0.3 is 0 Å². The molecule has 0 bridgehead atoms. The van der Waals surface area contributed by atoms with Crippen molar-refractivity contribution in [1.82, 2.24) is 10.3 Å². The Hall–Kier alpha value is -1.13. The van der Waals surface area contributed by atoms with E-state index in [9.17, 15) is 5.11 Å². The minimum atomic E-state index is -0.257. The van der Waals surface area contributed by atoms with E-state index in [1.54, 1.807) is 0 Å². The maximum atomic E-state index is 9.31. The van der Waals surface area contributed by atoms with Crippen LogP contribution in [-0.2, 0) is 0 Å². The predicted molar refractivity (Wildman–Crippen MR) is 80.5 cm³/mol. The summed E-state index contributed by atoms with van der Waals surface area (Å²) in [6.45, 7) is 7.88. The first-order chi connectivity index (χ1) is 9.08. The Labute approximate surface area is 116 Å². The molecule has 0 aromatic carbocycles. The zero-order valence-corrected chi connectivity index (χ0v) is 12.6. The van der Waals surface area contributed by atoms with E-state index in [-0.39, 0.29) is 6.10 Å². The van der Waals surface area contributed by atoms with Gasteiger partial charge in [0, 0.05) is 19.6 Å². The summed E-state index contributed by atoms with van der Waals surface area (Å²) in [6.07, 6.45) is 3.47. The van der Waals surface area contributed by atoms with Crippen molar-refractivity contribution < 1.29 is 5.11 Å². The summed E-state index contributed by atoms with van der Waals surface area (Å²) >= 11 is 0. The Balaban J connectivity index is 2.64. The van der Waals surface area contributed by atoms with E-state index in [4.69, 9.17) is 0 Å². The molecule has 108 valence electrons. The molecule has 2 unspecified atom stereocenters. The molecule has 1 rings (SSSR count). The Bertz CT molecular complexity index is 351. The summed E-state index contributed by atoms with van der Waals surface area (Å²) in [5.74, 6) is 0. The summed E-state index contributed by atoms with van der Waals surface area (Å²) in [4.78, 5) is 6.67. The van der Waals surface area contributed by atoms with Crippen molar-refractivity contribution in [1.29, 1.82) is 0 Å². The van der Waals surface area contributed by atoms with E-state index in [2.05, 4.69) is 41.2 Å². The number of nitrogens with zero attached hydrogens (tertiary/aromatic N) is 2. The van der Waals surface area contributed by atoms with Crippen LogP contribution in [0.5, 0.6) is 0 Å². The first kappa shape index (κ1) is 15.9. The van der Waals surface area contributed by atoms with Crippen LogP contribution >= 0.6 is 0 Å². The molecule has 0 aliphatic carbocycles. The maximum absolute atomic E-state index is 9.31. The van der Waals surface area contributed by atoms with Crippen LogP contribution in [0.25, 0.3) is 0 Å². The standard InChI is InChI=1S/C15H27N3O/c1-5-14(16-6-2)15-8-7-13(11-17-15)18(4)10-9-12(3)19/h7-8,11-12,14,16,19H,5-6,9-10H2,1-4H3. The second-order valence-electron chi connectivity index (χ2n) is 5.02. The minimum absolute atomic E-state index is 0.257. The minimum Gasteiger partial charge on any atom is -0.393 e. The third-order valence-corrected chi connectivity index (χ3v) is 3.31. The molecule has 4 nitrogen and oxygen atoms in total. The molecule has 4 heteroatoms. The van der Waals surface area contributed by atoms with Crippen molar-refractivity contribution in [3.8, 4) is 0 Å². The molecule has 2 N–H and O–H groups in total. The lowest BCUT2D eigenvalue weighted by atomic mass is 10.1. The summed E-state index contributed by atoms with van der Waals surface area (Å²) < 4.78 is 0. The van der Waals surface area contributed by atoms with Crippen molar-refractivity contribution in [2.75, 3.05) is 25.0 Å². The van der Waals surface area contributed by atoms with E-state index in [1.165, 1.54) is 0 Å². The fraction of sp³-hybridized carbons (Fsp3) is 0.667. The third-order valence-electron chi connectivity index (χ3n) is 3.31. The van der Waals surface area contributed by atoms with Gasteiger partial charge in [0.2, 0.25) is 0 Å². The normalized spacial score (nSPS) is 14.2. The van der Waals surface area contributed by atoms with E-state index in [1.807, 2.05) is 20.2 Å². The molecule has 0 saturated heterocycles. The number of nitrogens with one attached hydrogen (secondary N) is 1. The zero-order valence-electron chi connectivity index (χ0n) is 12.6. The molecule has 1 heterocycles. The van der Waals surface area contributed by atoms with Gasteiger partial charge in [-0.1, -0.05) is 13.8 Å². The fourth-order valence-corrected chi connectivity index (χ4v) is 2.04. The number of aliphatic hydroxyl groups is 1. The van der Waals surface area contributed by atoms with Crippen LogP contribution in [-0.4, -0.2) is 36.3 Å². The van der Waals surface area contributed by atoms with Gasteiger partial charge in [-0.15, -0.1) is 0 Å². The molecule has 0 aliphatic rings. The highest BCUT2D eigenvalue weighted by Gasteiger charge is 2.10. The van der Waals surface area contributed by atoms with Crippen LogP contribution in [0, 0.1) is 0 Å². The highest BCUT2D eigenvalue weighted by atomic mass is 16.3. The van der Waals surface area contributed by atoms with Gasteiger partial charge in [0.1, 0.15) is 0 Å². The highest BCUT2D eigenvalue weighted by molar-refractivity contribution is 5.43. The average molecular weight is 265 g/mol. The molecular weight excluding hydrogens is 238 g/mol. The second-order valence-corrected chi connectivity index (χ2v) is 5.02. The summed E-state index contributed by atoms with van der Waals surface area (Å²) in [6, 6.07) is 4.52.